The smallest absolute Gasteiger partial charge is 0.233 e. The van der Waals surface area contributed by atoms with Gasteiger partial charge in [0, 0.05) is 43.7 Å². The van der Waals surface area contributed by atoms with E-state index in [0.29, 0.717) is 26.0 Å². The Balaban J connectivity index is 1.82. The fourth-order valence-corrected chi connectivity index (χ4v) is 5.49. The molecule has 1 aliphatic heterocycles. The van der Waals surface area contributed by atoms with Crippen LogP contribution in [0.25, 0.3) is 10.1 Å². The Morgan fingerprint density at radius 3 is 2.30 bits per heavy atom. The van der Waals surface area contributed by atoms with Gasteiger partial charge >= 0.3 is 0 Å². The molecular formula is C24H15Cl2NO2S. The standard InChI is InChI=1S/C24H15Cl2NO2S/c25-15-8-6-14(7-9-15)18-13-21(28)27(17-4-2-1-3-5-17)24-22(18)23(29)19-12-16(26)10-11-20(19)30-24/h1-12,18H,13H2. The minimum atomic E-state index is -0.336. The molecule has 1 aromatic heterocycles. The van der Waals surface area contributed by atoms with Gasteiger partial charge in [-0.1, -0.05) is 53.5 Å². The normalized spacial score (nSPS) is 16.0. The van der Waals surface area contributed by atoms with E-state index in [1.165, 1.54) is 11.3 Å². The lowest BCUT2D eigenvalue weighted by atomic mass is 9.85. The van der Waals surface area contributed by atoms with Crippen molar-refractivity contribution in [3.05, 3.63) is 104 Å². The van der Waals surface area contributed by atoms with E-state index in [2.05, 4.69) is 0 Å². The SMILES string of the molecule is O=C1CC(c2ccc(Cl)cc2)c2c(sc3ccc(Cl)cc3c2=O)N1c1ccccc1. The van der Waals surface area contributed by atoms with E-state index in [1.807, 2.05) is 48.5 Å². The van der Waals surface area contributed by atoms with Crippen LogP contribution in [-0.2, 0) is 4.79 Å². The van der Waals surface area contributed by atoms with Crippen LogP contribution in [0.1, 0.15) is 23.5 Å². The second-order valence-electron chi connectivity index (χ2n) is 7.16. The van der Waals surface area contributed by atoms with Crippen LogP contribution in [-0.4, -0.2) is 5.91 Å². The maximum Gasteiger partial charge on any atom is 0.233 e. The first-order valence-corrected chi connectivity index (χ1v) is 11.0. The van der Waals surface area contributed by atoms with E-state index in [1.54, 1.807) is 29.2 Å². The lowest BCUT2D eigenvalue weighted by Crippen LogP contribution is -2.35. The molecule has 6 heteroatoms. The van der Waals surface area contributed by atoms with E-state index in [0.717, 1.165) is 16.0 Å². The number of amides is 1. The molecule has 1 amide bonds. The highest BCUT2D eigenvalue weighted by Crippen LogP contribution is 2.45. The highest BCUT2D eigenvalue weighted by Gasteiger charge is 2.36. The summed E-state index contributed by atoms with van der Waals surface area (Å²) in [6.07, 6.45) is 0.206. The third-order valence-electron chi connectivity index (χ3n) is 5.33. The number of hydrogen-bond donors (Lipinski definition) is 0. The molecule has 1 unspecified atom stereocenters. The number of hydrogen-bond acceptors (Lipinski definition) is 3. The van der Waals surface area contributed by atoms with Crippen LogP contribution < -0.4 is 10.3 Å². The summed E-state index contributed by atoms with van der Waals surface area (Å²) in [4.78, 5) is 28.6. The first kappa shape index (κ1) is 19.3. The van der Waals surface area contributed by atoms with Crippen molar-refractivity contribution >= 4 is 61.2 Å². The van der Waals surface area contributed by atoms with Gasteiger partial charge in [-0.25, -0.2) is 0 Å². The second kappa shape index (κ2) is 7.55. The largest absolute Gasteiger partial charge is 0.289 e. The predicted molar refractivity (Wildman–Crippen MR) is 125 cm³/mol. The van der Waals surface area contributed by atoms with E-state index >= 15 is 0 Å². The summed E-state index contributed by atoms with van der Waals surface area (Å²) in [5.74, 6) is -0.380. The lowest BCUT2D eigenvalue weighted by molar-refractivity contribution is -0.118. The molecule has 0 radical (unpaired) electrons. The lowest BCUT2D eigenvalue weighted by Gasteiger charge is -2.33. The number of nitrogens with zero attached hydrogens (tertiary/aromatic N) is 1. The molecule has 0 saturated carbocycles. The Labute approximate surface area is 187 Å². The molecule has 3 nitrogen and oxygen atoms in total. The molecular weight excluding hydrogens is 437 g/mol. The number of carbonyl (C=O) groups excluding carboxylic acids is 1. The molecule has 148 valence electrons. The van der Waals surface area contributed by atoms with Crippen molar-refractivity contribution in [2.45, 2.75) is 12.3 Å². The van der Waals surface area contributed by atoms with Crippen LogP contribution >= 0.6 is 34.5 Å². The van der Waals surface area contributed by atoms with E-state index in [9.17, 15) is 9.59 Å². The van der Waals surface area contributed by atoms with Crippen LogP contribution in [0.15, 0.2) is 77.6 Å². The van der Waals surface area contributed by atoms with Gasteiger partial charge in [-0.3, -0.25) is 14.5 Å². The molecule has 0 fully saturated rings. The number of fused-ring (bicyclic) bond motifs is 2. The molecule has 0 spiro atoms. The molecule has 1 atom stereocenters. The third kappa shape index (κ3) is 3.21. The molecule has 0 N–H and O–H groups in total. The van der Waals surface area contributed by atoms with Crippen LogP contribution in [0, 0.1) is 0 Å². The van der Waals surface area contributed by atoms with Gasteiger partial charge in [0.2, 0.25) is 5.91 Å². The summed E-state index contributed by atoms with van der Waals surface area (Å²) in [7, 11) is 0. The van der Waals surface area contributed by atoms with Gasteiger partial charge in [0.05, 0.1) is 0 Å². The van der Waals surface area contributed by atoms with Gasteiger partial charge in [-0.05, 0) is 48.0 Å². The fourth-order valence-electron chi connectivity index (χ4n) is 3.94. The van der Waals surface area contributed by atoms with Gasteiger partial charge in [0.15, 0.2) is 5.43 Å². The molecule has 0 saturated heterocycles. The molecule has 0 bridgehead atoms. The molecule has 30 heavy (non-hydrogen) atoms. The van der Waals surface area contributed by atoms with Crippen molar-refractivity contribution in [2.24, 2.45) is 0 Å². The molecule has 5 rings (SSSR count). The second-order valence-corrected chi connectivity index (χ2v) is 9.07. The van der Waals surface area contributed by atoms with Gasteiger partial charge in [0.1, 0.15) is 5.00 Å². The summed E-state index contributed by atoms with van der Waals surface area (Å²) in [5, 5.41) is 2.37. The summed E-state index contributed by atoms with van der Waals surface area (Å²) in [6.45, 7) is 0. The van der Waals surface area contributed by atoms with Crippen molar-refractivity contribution in [1.29, 1.82) is 0 Å². The van der Waals surface area contributed by atoms with Crippen LogP contribution in [0.4, 0.5) is 10.7 Å². The van der Waals surface area contributed by atoms with Gasteiger partial charge < -0.3 is 0 Å². The van der Waals surface area contributed by atoms with Crippen molar-refractivity contribution < 1.29 is 4.79 Å². The van der Waals surface area contributed by atoms with E-state index in [4.69, 9.17) is 23.2 Å². The Kier molecular flexibility index (Phi) is 4.86. The monoisotopic (exact) mass is 451 g/mol. The summed E-state index contributed by atoms with van der Waals surface area (Å²) < 4.78 is 0.800. The highest BCUT2D eigenvalue weighted by molar-refractivity contribution is 7.22. The highest BCUT2D eigenvalue weighted by atomic mass is 35.5. The van der Waals surface area contributed by atoms with Crippen LogP contribution in [0.2, 0.25) is 10.0 Å². The topological polar surface area (TPSA) is 37.4 Å². The number of anilines is 2. The maximum atomic E-state index is 13.6. The van der Waals surface area contributed by atoms with Crippen molar-refractivity contribution in [3.8, 4) is 0 Å². The zero-order valence-corrected chi connectivity index (χ0v) is 18.0. The quantitative estimate of drug-likeness (QED) is 0.337. The number of halogens is 2. The zero-order valence-electron chi connectivity index (χ0n) is 15.6. The molecule has 1 aliphatic rings. The average molecular weight is 452 g/mol. The number of para-hydroxylation sites is 1. The predicted octanol–water partition coefficient (Wildman–Crippen LogP) is 6.77. The Morgan fingerprint density at radius 1 is 0.867 bits per heavy atom. The average Bonchev–Trinajstić information content (AvgIpc) is 2.75. The molecule has 3 aromatic carbocycles. The first-order valence-electron chi connectivity index (χ1n) is 9.42. The van der Waals surface area contributed by atoms with E-state index < -0.39 is 0 Å². The maximum absolute atomic E-state index is 13.6. The molecule has 4 aromatic rings. The van der Waals surface area contributed by atoms with Gasteiger partial charge in [-0.15, -0.1) is 11.3 Å². The Morgan fingerprint density at radius 2 is 1.57 bits per heavy atom. The minimum absolute atomic E-state index is 0.0439. The van der Waals surface area contributed by atoms with Gasteiger partial charge in [0.25, 0.3) is 0 Å². The fraction of sp³-hybridized carbons (Fsp3) is 0.0833. The Hall–Kier alpha value is -2.66. The number of benzene rings is 3. The number of carbonyl (C=O) groups is 1. The summed E-state index contributed by atoms with van der Waals surface area (Å²) >= 11 is 13.7. The zero-order chi connectivity index (χ0) is 20.8. The molecule has 2 heterocycles. The van der Waals surface area contributed by atoms with Crippen LogP contribution in [0.5, 0.6) is 0 Å². The summed E-state index contributed by atoms with van der Waals surface area (Å²) in [6, 6.07) is 22.1. The van der Waals surface area contributed by atoms with Crippen LogP contribution in [0.3, 0.4) is 0 Å². The molecule has 0 aliphatic carbocycles. The van der Waals surface area contributed by atoms with Gasteiger partial charge in [-0.2, -0.15) is 0 Å². The third-order valence-corrected chi connectivity index (χ3v) is 6.99. The first-order chi connectivity index (χ1) is 14.5. The van der Waals surface area contributed by atoms with E-state index in [-0.39, 0.29) is 23.7 Å². The number of rotatable bonds is 2. The van der Waals surface area contributed by atoms with Crippen molar-refractivity contribution in [1.82, 2.24) is 0 Å². The van der Waals surface area contributed by atoms with Crippen molar-refractivity contribution in [3.63, 3.8) is 0 Å². The van der Waals surface area contributed by atoms with Crippen molar-refractivity contribution in [2.75, 3.05) is 4.90 Å². The minimum Gasteiger partial charge on any atom is -0.289 e. The Bertz CT molecular complexity index is 1330. The summed E-state index contributed by atoms with van der Waals surface area (Å²) in [5.41, 5.74) is 2.19.